The first-order valence-corrected chi connectivity index (χ1v) is 18.5. The number of ether oxygens (including phenoxy) is 1. The van der Waals surface area contributed by atoms with Crippen molar-refractivity contribution in [2.75, 3.05) is 10.5 Å². The van der Waals surface area contributed by atoms with Crippen molar-refractivity contribution in [3.8, 4) is 0 Å². The molecule has 0 radical (unpaired) electrons. The van der Waals surface area contributed by atoms with Crippen molar-refractivity contribution in [1.29, 1.82) is 0 Å². The van der Waals surface area contributed by atoms with Crippen LogP contribution in [0.2, 0.25) is 10.0 Å². The molecule has 3 aliphatic rings. The van der Waals surface area contributed by atoms with Crippen LogP contribution in [0.25, 0.3) is 0 Å². The number of amides is 1. The van der Waals surface area contributed by atoms with E-state index >= 15 is 0 Å². The molecule has 2 saturated carbocycles. The number of rotatable bonds is 11. The predicted octanol–water partition coefficient (Wildman–Crippen LogP) is 5.57. The molecule has 0 aromatic heterocycles. The molecule has 1 heterocycles. The second kappa shape index (κ2) is 12.1. The van der Waals surface area contributed by atoms with Crippen LogP contribution in [-0.4, -0.2) is 50.3 Å². The number of para-hydroxylation sites is 1. The van der Waals surface area contributed by atoms with Gasteiger partial charge in [-0.2, -0.15) is 0 Å². The Morgan fingerprint density at radius 3 is 2.24 bits per heavy atom. The minimum Gasteiger partial charge on any atom is -0.357 e. The number of nitrogens with zero attached hydrogens (tertiary/aromatic N) is 1. The van der Waals surface area contributed by atoms with E-state index in [2.05, 4.69) is 4.72 Å². The van der Waals surface area contributed by atoms with Crippen LogP contribution in [0.5, 0.6) is 0 Å². The van der Waals surface area contributed by atoms with Crippen LogP contribution in [0, 0.1) is 11.7 Å². The van der Waals surface area contributed by atoms with Crippen molar-refractivity contribution in [2.24, 2.45) is 11.1 Å². The van der Waals surface area contributed by atoms with Gasteiger partial charge >= 0.3 is 0 Å². The first kappa shape index (κ1) is 32.2. The van der Waals surface area contributed by atoms with Gasteiger partial charge in [-0.3, -0.25) is 9.52 Å². The third kappa shape index (κ3) is 6.86. The van der Waals surface area contributed by atoms with Gasteiger partial charge in [-0.05, 0) is 85.5 Å². The summed E-state index contributed by atoms with van der Waals surface area (Å²) in [5.74, 6) is -2.10. The number of nitrogens with two attached hydrogens (primary N) is 1. The van der Waals surface area contributed by atoms with Gasteiger partial charge in [-0.1, -0.05) is 59.6 Å². The highest BCUT2D eigenvalue weighted by molar-refractivity contribution is 7.94. The Labute approximate surface area is 271 Å². The smallest absolute Gasteiger partial charge is 0.253 e. The fraction of sp³-hybridized carbons (Fsp3) is 0.387. The van der Waals surface area contributed by atoms with Crippen LogP contribution in [0.15, 0.2) is 72.8 Å². The molecule has 6 rings (SSSR count). The molecule has 4 atom stereocenters. The molecule has 9 nitrogen and oxygen atoms in total. The highest BCUT2D eigenvalue weighted by Gasteiger charge is 2.60. The van der Waals surface area contributed by atoms with Crippen LogP contribution in [-0.2, 0) is 29.6 Å². The molecule has 3 aromatic rings. The van der Waals surface area contributed by atoms with E-state index in [1.165, 1.54) is 24.3 Å². The second-order valence-electron chi connectivity index (χ2n) is 12.0. The molecule has 3 aromatic carbocycles. The van der Waals surface area contributed by atoms with E-state index in [9.17, 15) is 26.0 Å². The molecule has 240 valence electrons. The van der Waals surface area contributed by atoms with Gasteiger partial charge in [0.05, 0.1) is 22.2 Å². The summed E-state index contributed by atoms with van der Waals surface area (Å²) in [7, 11) is -8.25. The van der Waals surface area contributed by atoms with Crippen LogP contribution < -0.4 is 9.86 Å². The van der Waals surface area contributed by atoms with E-state index in [0.29, 0.717) is 34.0 Å². The van der Waals surface area contributed by atoms with Crippen LogP contribution in [0.3, 0.4) is 0 Å². The molecule has 0 unspecified atom stereocenters. The lowest BCUT2D eigenvalue weighted by Gasteiger charge is -2.49. The third-order valence-electron chi connectivity index (χ3n) is 8.80. The molecular formula is C31H32Cl2FN3O6S2. The van der Waals surface area contributed by atoms with Gasteiger partial charge in [0, 0.05) is 16.1 Å². The number of anilines is 1. The number of carbonyl (C=O) groups is 1. The monoisotopic (exact) mass is 695 g/mol. The van der Waals surface area contributed by atoms with Crippen LogP contribution >= 0.6 is 23.2 Å². The van der Waals surface area contributed by atoms with Crippen molar-refractivity contribution in [2.45, 2.75) is 61.1 Å². The zero-order chi connectivity index (χ0) is 32.1. The molecule has 14 heteroatoms. The summed E-state index contributed by atoms with van der Waals surface area (Å²) < 4.78 is 74.2. The standard InChI is InChI=1S/C31H32Cl2FN3O6S2/c32-22-12-10-20(11-13-22)28-29(21-4-3-5-23(33)16-21)43-27(18-44(35,39)40)30(38)37(28)26(19-8-9-19)17-31(14-15-31)45(41,42)36-25-7-2-1-6-24(25)34/h1-7,10-13,16,19,26-29,36H,8-9,14-15,17-18H2,(H2,35,39,40)/t26-,27+,28+,29+/m0/s1. The van der Waals surface area contributed by atoms with Gasteiger partial charge in [-0.15, -0.1) is 0 Å². The summed E-state index contributed by atoms with van der Waals surface area (Å²) in [5, 5.41) is 6.30. The summed E-state index contributed by atoms with van der Waals surface area (Å²) in [4.78, 5) is 16.0. The molecule has 45 heavy (non-hydrogen) atoms. The molecule has 1 amide bonds. The molecule has 1 saturated heterocycles. The number of halogens is 3. The number of benzene rings is 3. The maximum atomic E-state index is 14.5. The summed E-state index contributed by atoms with van der Waals surface area (Å²) in [5.41, 5.74) is 1.11. The zero-order valence-electron chi connectivity index (χ0n) is 24.0. The van der Waals surface area contributed by atoms with Gasteiger partial charge < -0.3 is 9.64 Å². The first-order valence-electron chi connectivity index (χ1n) is 14.5. The normalized spacial score (nSPS) is 23.9. The quantitative estimate of drug-likeness (QED) is 0.269. The Balaban J connectivity index is 1.45. The Bertz CT molecular complexity index is 1820. The number of carbonyl (C=O) groups excluding carboxylic acids is 1. The molecule has 1 aliphatic heterocycles. The molecule has 0 bridgehead atoms. The van der Waals surface area contributed by atoms with E-state index in [4.69, 9.17) is 33.1 Å². The number of hydrogen-bond donors (Lipinski definition) is 2. The minimum atomic E-state index is -4.15. The third-order valence-corrected chi connectivity index (χ3v) is 12.3. The van der Waals surface area contributed by atoms with E-state index < -0.39 is 66.6 Å². The van der Waals surface area contributed by atoms with Crippen molar-refractivity contribution in [3.05, 3.63) is 99.8 Å². The second-order valence-corrected chi connectivity index (χ2v) is 16.7. The van der Waals surface area contributed by atoms with E-state index in [-0.39, 0.29) is 18.0 Å². The van der Waals surface area contributed by atoms with Gasteiger partial charge in [0.25, 0.3) is 5.91 Å². The topological polar surface area (TPSA) is 136 Å². The fourth-order valence-corrected chi connectivity index (χ4v) is 8.93. The number of sulfonamides is 2. The van der Waals surface area contributed by atoms with Gasteiger partial charge in [0.1, 0.15) is 11.9 Å². The summed E-state index contributed by atoms with van der Waals surface area (Å²) in [6.07, 6.45) is -0.106. The minimum absolute atomic E-state index is 0.0434. The molecule has 2 aliphatic carbocycles. The van der Waals surface area contributed by atoms with Gasteiger partial charge in [-0.25, -0.2) is 26.4 Å². The first-order chi connectivity index (χ1) is 21.3. The number of primary sulfonamides is 1. The van der Waals surface area contributed by atoms with E-state index in [0.717, 1.165) is 12.8 Å². The Morgan fingerprint density at radius 2 is 1.64 bits per heavy atom. The van der Waals surface area contributed by atoms with Crippen molar-refractivity contribution < 1.29 is 30.8 Å². The predicted molar refractivity (Wildman–Crippen MR) is 170 cm³/mol. The van der Waals surface area contributed by atoms with Crippen molar-refractivity contribution in [3.63, 3.8) is 0 Å². The highest BCUT2D eigenvalue weighted by atomic mass is 35.5. The van der Waals surface area contributed by atoms with Crippen molar-refractivity contribution >= 4 is 54.8 Å². The van der Waals surface area contributed by atoms with Gasteiger partial charge in [0.2, 0.25) is 20.0 Å². The Hall–Kier alpha value is -2.74. The Morgan fingerprint density at radius 1 is 0.956 bits per heavy atom. The summed E-state index contributed by atoms with van der Waals surface area (Å²) in [6.45, 7) is 0. The largest absolute Gasteiger partial charge is 0.357 e. The highest BCUT2D eigenvalue weighted by Crippen LogP contribution is 2.55. The SMILES string of the molecule is NS(=O)(=O)C[C@H]1O[C@H](c2cccc(Cl)c2)[C@@H](c2ccc(Cl)cc2)N([C@@H](CC2(S(=O)(=O)Nc3ccccc3F)CC2)C2CC2)C1=O. The average molecular weight is 697 g/mol. The summed E-state index contributed by atoms with van der Waals surface area (Å²) >= 11 is 12.6. The van der Waals surface area contributed by atoms with E-state index in [1.54, 1.807) is 53.4 Å². The summed E-state index contributed by atoms with van der Waals surface area (Å²) in [6, 6.07) is 17.9. The maximum absolute atomic E-state index is 14.5. The average Bonchev–Trinajstić information content (AvgIpc) is 3.89. The molecule has 3 N–H and O–H groups in total. The molecular weight excluding hydrogens is 664 g/mol. The van der Waals surface area contributed by atoms with Gasteiger partial charge in [0.15, 0.2) is 6.10 Å². The zero-order valence-corrected chi connectivity index (χ0v) is 27.1. The van der Waals surface area contributed by atoms with Crippen molar-refractivity contribution in [1.82, 2.24) is 4.90 Å². The molecule has 0 spiro atoms. The lowest BCUT2D eigenvalue weighted by Crippen LogP contribution is -2.58. The molecule has 3 fully saturated rings. The van der Waals surface area contributed by atoms with Crippen LogP contribution in [0.1, 0.15) is 55.4 Å². The number of morpholine rings is 1. The lowest BCUT2D eigenvalue weighted by molar-refractivity contribution is -0.177. The van der Waals surface area contributed by atoms with E-state index in [1.807, 2.05) is 0 Å². The maximum Gasteiger partial charge on any atom is 0.253 e. The Kier molecular flexibility index (Phi) is 8.68. The number of nitrogens with one attached hydrogen (secondary N) is 1. The lowest BCUT2D eigenvalue weighted by atomic mass is 9.88. The van der Waals surface area contributed by atoms with Crippen LogP contribution in [0.4, 0.5) is 10.1 Å². The fourth-order valence-electron chi connectivity index (χ4n) is 6.26. The number of hydrogen-bond acceptors (Lipinski definition) is 6.